The van der Waals surface area contributed by atoms with Crippen LogP contribution in [-0.4, -0.2) is 24.4 Å². The van der Waals surface area contributed by atoms with E-state index in [1.54, 1.807) is 0 Å². The number of esters is 1. The van der Waals surface area contributed by atoms with E-state index in [1.165, 1.54) is 25.1 Å². The standard InChI is InChI=1S/C9H12BrNO2S/c1-6(9(12)13-3)8(10)5-11-7(2)14-4/h5H,1H2,2-4H3/b8-5+,11-7?. The first-order chi connectivity index (χ1) is 6.52. The van der Waals surface area contributed by atoms with Gasteiger partial charge >= 0.3 is 5.97 Å². The van der Waals surface area contributed by atoms with Crippen molar-refractivity contribution in [1.29, 1.82) is 0 Å². The second kappa shape index (κ2) is 6.84. The number of methoxy groups -OCH3 is 1. The number of aliphatic imine (C=N–C) groups is 1. The number of carbonyl (C=O) groups is 1. The molecule has 0 spiro atoms. The molecule has 0 bridgehead atoms. The minimum absolute atomic E-state index is 0.255. The molecule has 0 saturated heterocycles. The number of hydrogen-bond donors (Lipinski definition) is 0. The zero-order valence-corrected chi connectivity index (χ0v) is 10.7. The number of halogens is 1. The summed E-state index contributed by atoms with van der Waals surface area (Å²) in [5.74, 6) is -0.467. The predicted molar refractivity (Wildman–Crippen MR) is 64.8 cm³/mol. The van der Waals surface area contributed by atoms with Crippen molar-refractivity contribution in [3.63, 3.8) is 0 Å². The second-order valence-corrected chi connectivity index (χ2v) is 4.15. The van der Waals surface area contributed by atoms with Gasteiger partial charge in [-0.15, -0.1) is 11.8 Å². The fourth-order valence-corrected chi connectivity index (χ4v) is 0.921. The summed E-state index contributed by atoms with van der Waals surface area (Å²) in [6, 6.07) is 0. The molecule has 0 fully saturated rings. The smallest absolute Gasteiger partial charge is 0.338 e. The molecule has 0 N–H and O–H groups in total. The molecule has 78 valence electrons. The fourth-order valence-electron chi connectivity index (χ4n) is 0.499. The van der Waals surface area contributed by atoms with Gasteiger partial charge in [-0.05, 0) is 29.1 Å². The van der Waals surface area contributed by atoms with E-state index in [0.717, 1.165) is 5.04 Å². The van der Waals surface area contributed by atoms with Crippen LogP contribution in [0.1, 0.15) is 6.92 Å². The number of carbonyl (C=O) groups excluding carboxylic acids is 1. The lowest BCUT2D eigenvalue weighted by Gasteiger charge is -2.00. The molecular formula is C9H12BrNO2S. The first-order valence-corrected chi connectivity index (χ1v) is 5.76. The summed E-state index contributed by atoms with van der Waals surface area (Å²) in [5.41, 5.74) is 0.255. The Morgan fingerprint density at radius 3 is 2.64 bits per heavy atom. The zero-order chi connectivity index (χ0) is 11.1. The number of hydrogen-bond acceptors (Lipinski definition) is 4. The summed E-state index contributed by atoms with van der Waals surface area (Å²) in [6.45, 7) is 5.44. The van der Waals surface area contributed by atoms with Gasteiger partial charge in [-0.3, -0.25) is 4.99 Å². The number of thioether (sulfide) groups is 1. The van der Waals surface area contributed by atoms with Crippen molar-refractivity contribution in [3.05, 3.63) is 22.8 Å². The molecule has 0 heterocycles. The lowest BCUT2D eigenvalue weighted by atomic mass is 10.3. The van der Waals surface area contributed by atoms with E-state index < -0.39 is 5.97 Å². The average molecular weight is 278 g/mol. The van der Waals surface area contributed by atoms with E-state index in [9.17, 15) is 4.79 Å². The Bertz CT molecular complexity index is 297. The number of ether oxygens (including phenoxy) is 1. The molecule has 0 aliphatic heterocycles. The molecule has 0 aliphatic rings. The van der Waals surface area contributed by atoms with Crippen LogP contribution in [0.4, 0.5) is 0 Å². The van der Waals surface area contributed by atoms with Gasteiger partial charge in [0, 0.05) is 10.7 Å². The molecule has 0 unspecified atom stereocenters. The van der Waals surface area contributed by atoms with Crippen LogP contribution in [0.25, 0.3) is 0 Å². The Labute approximate surface area is 96.4 Å². The van der Waals surface area contributed by atoms with E-state index in [-0.39, 0.29) is 5.57 Å². The second-order valence-electron chi connectivity index (χ2n) is 2.30. The summed E-state index contributed by atoms with van der Waals surface area (Å²) >= 11 is 4.72. The van der Waals surface area contributed by atoms with Gasteiger partial charge in [0.1, 0.15) is 0 Å². The quantitative estimate of drug-likeness (QED) is 0.262. The van der Waals surface area contributed by atoms with E-state index in [2.05, 4.69) is 32.2 Å². The lowest BCUT2D eigenvalue weighted by Crippen LogP contribution is -2.03. The fraction of sp³-hybridized carbons (Fsp3) is 0.333. The van der Waals surface area contributed by atoms with Crippen LogP contribution in [0.2, 0.25) is 0 Å². The van der Waals surface area contributed by atoms with Gasteiger partial charge in [0.15, 0.2) is 0 Å². The SMILES string of the molecule is C=C(C(=O)OC)/C(Br)=C\N=C(C)SC. The third-order valence-corrected chi connectivity index (χ3v) is 2.75. The van der Waals surface area contributed by atoms with E-state index in [0.29, 0.717) is 4.48 Å². The van der Waals surface area contributed by atoms with E-state index in [4.69, 9.17) is 0 Å². The van der Waals surface area contributed by atoms with Crippen molar-refractivity contribution in [1.82, 2.24) is 0 Å². The highest BCUT2D eigenvalue weighted by molar-refractivity contribution is 9.12. The molecule has 14 heavy (non-hydrogen) atoms. The van der Waals surface area contributed by atoms with Crippen LogP contribution >= 0.6 is 27.7 Å². The van der Waals surface area contributed by atoms with Crippen LogP contribution in [0.15, 0.2) is 27.8 Å². The molecule has 0 aromatic carbocycles. The molecule has 0 saturated carbocycles. The summed E-state index contributed by atoms with van der Waals surface area (Å²) in [5, 5.41) is 0.902. The van der Waals surface area contributed by atoms with E-state index >= 15 is 0 Å². The topological polar surface area (TPSA) is 38.7 Å². The minimum Gasteiger partial charge on any atom is -0.465 e. The first kappa shape index (κ1) is 13.4. The van der Waals surface area contributed by atoms with Crippen molar-refractivity contribution in [2.24, 2.45) is 4.99 Å². The van der Waals surface area contributed by atoms with Crippen molar-refractivity contribution in [3.8, 4) is 0 Å². The molecule has 0 radical (unpaired) electrons. The first-order valence-electron chi connectivity index (χ1n) is 3.74. The highest BCUT2D eigenvalue weighted by Gasteiger charge is 2.09. The highest BCUT2D eigenvalue weighted by Crippen LogP contribution is 2.17. The van der Waals surface area contributed by atoms with Gasteiger partial charge in [0.25, 0.3) is 0 Å². The van der Waals surface area contributed by atoms with Crippen molar-refractivity contribution in [2.45, 2.75) is 6.92 Å². The van der Waals surface area contributed by atoms with Crippen LogP contribution < -0.4 is 0 Å². The molecule has 0 rings (SSSR count). The number of rotatable bonds is 3. The van der Waals surface area contributed by atoms with Crippen LogP contribution in [0, 0.1) is 0 Å². The predicted octanol–water partition coefficient (Wildman–Crippen LogP) is 2.73. The Morgan fingerprint density at radius 2 is 2.21 bits per heavy atom. The Balaban J connectivity index is 4.54. The van der Waals surface area contributed by atoms with Gasteiger partial charge in [-0.2, -0.15) is 0 Å². The summed E-state index contributed by atoms with van der Waals surface area (Å²) in [7, 11) is 1.31. The summed E-state index contributed by atoms with van der Waals surface area (Å²) in [6.07, 6.45) is 3.46. The van der Waals surface area contributed by atoms with Crippen LogP contribution in [0.3, 0.4) is 0 Å². The van der Waals surface area contributed by atoms with Crippen molar-refractivity contribution >= 4 is 38.7 Å². The molecule has 0 amide bonds. The number of nitrogens with zero attached hydrogens (tertiary/aromatic N) is 1. The molecule has 5 heteroatoms. The van der Waals surface area contributed by atoms with Gasteiger partial charge in [-0.1, -0.05) is 6.58 Å². The molecule has 0 aliphatic carbocycles. The monoisotopic (exact) mass is 277 g/mol. The maximum absolute atomic E-state index is 11.0. The Hall–Kier alpha value is -0.550. The van der Waals surface area contributed by atoms with E-state index in [1.807, 2.05) is 13.2 Å². The van der Waals surface area contributed by atoms with Gasteiger partial charge in [-0.25, -0.2) is 4.79 Å². The third kappa shape index (κ3) is 4.62. The summed E-state index contributed by atoms with van der Waals surface area (Å²) < 4.78 is 5.03. The zero-order valence-electron chi connectivity index (χ0n) is 8.33. The lowest BCUT2D eigenvalue weighted by molar-refractivity contribution is -0.135. The molecule has 3 nitrogen and oxygen atoms in total. The molecule has 0 aromatic heterocycles. The summed E-state index contributed by atoms with van der Waals surface area (Å²) in [4.78, 5) is 15.1. The van der Waals surface area contributed by atoms with Crippen LogP contribution in [-0.2, 0) is 9.53 Å². The van der Waals surface area contributed by atoms with Crippen molar-refractivity contribution < 1.29 is 9.53 Å². The molecule has 0 aromatic rings. The third-order valence-electron chi connectivity index (χ3n) is 1.38. The minimum atomic E-state index is -0.467. The largest absolute Gasteiger partial charge is 0.465 e. The van der Waals surface area contributed by atoms with Gasteiger partial charge in [0.05, 0.1) is 17.7 Å². The molecule has 0 atom stereocenters. The van der Waals surface area contributed by atoms with Gasteiger partial charge < -0.3 is 4.74 Å². The maximum atomic E-state index is 11.0. The van der Waals surface area contributed by atoms with Gasteiger partial charge in [0.2, 0.25) is 0 Å². The normalized spacial score (nSPS) is 12.6. The molecular weight excluding hydrogens is 266 g/mol. The maximum Gasteiger partial charge on any atom is 0.338 e. The highest BCUT2D eigenvalue weighted by atomic mass is 79.9. The average Bonchev–Trinajstić information content (AvgIpc) is 2.22. The van der Waals surface area contributed by atoms with Crippen LogP contribution in [0.5, 0.6) is 0 Å². The Kier molecular flexibility index (Phi) is 6.57. The van der Waals surface area contributed by atoms with Crippen molar-refractivity contribution in [2.75, 3.05) is 13.4 Å². The Morgan fingerprint density at radius 1 is 1.64 bits per heavy atom.